The molecular formula is C9H7BrN2. The number of pyridine rings is 1. The maximum Gasteiger partial charge on any atom is 0.0469 e. The summed E-state index contributed by atoms with van der Waals surface area (Å²) in [4.78, 5) is 7.19. The molecule has 0 amide bonds. The van der Waals surface area contributed by atoms with Gasteiger partial charge in [-0.3, -0.25) is 4.98 Å². The summed E-state index contributed by atoms with van der Waals surface area (Å²) in [6.07, 6.45) is 5.50. The van der Waals surface area contributed by atoms with Gasteiger partial charge in [-0.05, 0) is 34.1 Å². The lowest BCUT2D eigenvalue weighted by molar-refractivity contribution is 1.29. The van der Waals surface area contributed by atoms with E-state index >= 15 is 0 Å². The van der Waals surface area contributed by atoms with E-state index in [1.165, 1.54) is 0 Å². The summed E-state index contributed by atoms with van der Waals surface area (Å²) in [5, 5.41) is 0. The smallest absolute Gasteiger partial charge is 0.0469 e. The van der Waals surface area contributed by atoms with Crippen molar-refractivity contribution in [1.82, 2.24) is 9.97 Å². The van der Waals surface area contributed by atoms with Crippen LogP contribution in [0.15, 0.2) is 41.3 Å². The molecule has 0 aliphatic carbocycles. The normalized spacial score (nSPS) is 10.1. The van der Waals surface area contributed by atoms with Gasteiger partial charge < -0.3 is 4.98 Å². The molecule has 0 saturated carbocycles. The molecule has 0 saturated heterocycles. The van der Waals surface area contributed by atoms with E-state index in [-0.39, 0.29) is 0 Å². The summed E-state index contributed by atoms with van der Waals surface area (Å²) in [7, 11) is 0. The van der Waals surface area contributed by atoms with Crippen molar-refractivity contribution in [1.29, 1.82) is 0 Å². The second kappa shape index (κ2) is 3.11. The third kappa shape index (κ3) is 1.41. The van der Waals surface area contributed by atoms with E-state index in [2.05, 4.69) is 25.9 Å². The fourth-order valence-electron chi connectivity index (χ4n) is 1.07. The number of hydrogen-bond donors (Lipinski definition) is 1. The van der Waals surface area contributed by atoms with Crippen molar-refractivity contribution in [2.45, 2.75) is 0 Å². The van der Waals surface area contributed by atoms with E-state index in [1.807, 2.05) is 30.6 Å². The van der Waals surface area contributed by atoms with Gasteiger partial charge in [0.25, 0.3) is 0 Å². The zero-order valence-electron chi connectivity index (χ0n) is 6.29. The summed E-state index contributed by atoms with van der Waals surface area (Å²) in [6, 6.07) is 6.01. The van der Waals surface area contributed by atoms with Crippen LogP contribution in [0.3, 0.4) is 0 Å². The first kappa shape index (κ1) is 7.55. The molecule has 12 heavy (non-hydrogen) atoms. The quantitative estimate of drug-likeness (QED) is 0.791. The maximum absolute atomic E-state index is 4.07. The molecule has 0 atom stereocenters. The molecule has 60 valence electrons. The third-order valence-corrected chi connectivity index (χ3v) is 2.05. The summed E-state index contributed by atoms with van der Waals surface area (Å²) in [5.41, 5.74) is 2.18. The van der Waals surface area contributed by atoms with E-state index in [4.69, 9.17) is 0 Å². The number of H-pyrrole nitrogens is 1. The molecule has 2 rings (SSSR count). The van der Waals surface area contributed by atoms with Gasteiger partial charge in [-0.2, -0.15) is 0 Å². The van der Waals surface area contributed by atoms with Gasteiger partial charge >= 0.3 is 0 Å². The number of rotatable bonds is 1. The highest BCUT2D eigenvalue weighted by Gasteiger charge is 1.97. The molecule has 0 unspecified atom stereocenters. The Hall–Kier alpha value is -1.09. The van der Waals surface area contributed by atoms with Crippen LogP contribution in [0.5, 0.6) is 0 Å². The van der Waals surface area contributed by atoms with Crippen molar-refractivity contribution in [3.05, 3.63) is 41.3 Å². The highest BCUT2D eigenvalue weighted by Crippen LogP contribution is 2.19. The van der Waals surface area contributed by atoms with Gasteiger partial charge in [-0.15, -0.1) is 0 Å². The molecule has 0 aromatic carbocycles. The van der Waals surface area contributed by atoms with Crippen LogP contribution in [0.2, 0.25) is 0 Å². The summed E-state index contributed by atoms with van der Waals surface area (Å²) >= 11 is 3.37. The molecule has 0 bridgehead atoms. The summed E-state index contributed by atoms with van der Waals surface area (Å²) < 4.78 is 0.995. The average Bonchev–Trinajstić information content (AvgIpc) is 2.56. The van der Waals surface area contributed by atoms with Gasteiger partial charge in [-0.1, -0.05) is 0 Å². The van der Waals surface area contributed by atoms with Gasteiger partial charge in [0.1, 0.15) is 0 Å². The molecule has 0 aliphatic heterocycles. The van der Waals surface area contributed by atoms with Crippen molar-refractivity contribution < 1.29 is 0 Å². The second-order valence-corrected chi connectivity index (χ2v) is 3.39. The third-order valence-electron chi connectivity index (χ3n) is 1.61. The van der Waals surface area contributed by atoms with Crippen LogP contribution in [0.25, 0.3) is 11.3 Å². The highest BCUT2D eigenvalue weighted by atomic mass is 79.9. The Morgan fingerprint density at radius 2 is 2.25 bits per heavy atom. The molecular weight excluding hydrogens is 216 g/mol. The van der Waals surface area contributed by atoms with Gasteiger partial charge in [0.15, 0.2) is 0 Å². The molecule has 0 aliphatic rings. The van der Waals surface area contributed by atoms with E-state index < -0.39 is 0 Å². The molecule has 2 heterocycles. The number of halogens is 1. The topological polar surface area (TPSA) is 28.7 Å². The number of nitrogens with zero attached hydrogens (tertiary/aromatic N) is 1. The minimum absolute atomic E-state index is 0.995. The molecule has 0 radical (unpaired) electrons. The largest absolute Gasteiger partial charge is 0.361 e. The van der Waals surface area contributed by atoms with Crippen molar-refractivity contribution in [3.8, 4) is 11.3 Å². The van der Waals surface area contributed by atoms with Gasteiger partial charge in [0, 0.05) is 34.3 Å². The van der Waals surface area contributed by atoms with E-state index in [1.54, 1.807) is 6.20 Å². The maximum atomic E-state index is 4.07. The Kier molecular flexibility index (Phi) is 1.96. The number of hydrogen-bond acceptors (Lipinski definition) is 1. The average molecular weight is 223 g/mol. The number of aromatic nitrogens is 2. The Morgan fingerprint density at radius 1 is 1.33 bits per heavy atom. The fraction of sp³-hybridized carbons (Fsp3) is 0. The molecule has 1 N–H and O–H groups in total. The molecule has 2 aromatic heterocycles. The lowest BCUT2D eigenvalue weighted by atomic mass is 10.2. The van der Waals surface area contributed by atoms with Gasteiger partial charge in [0.2, 0.25) is 0 Å². The Balaban J connectivity index is 2.48. The predicted octanol–water partition coefficient (Wildman–Crippen LogP) is 2.84. The van der Waals surface area contributed by atoms with Crippen molar-refractivity contribution >= 4 is 15.9 Å². The van der Waals surface area contributed by atoms with E-state index in [9.17, 15) is 0 Å². The van der Waals surface area contributed by atoms with E-state index in [0.29, 0.717) is 0 Å². The van der Waals surface area contributed by atoms with Crippen LogP contribution in [-0.4, -0.2) is 9.97 Å². The SMILES string of the molecule is Brc1cncc(-c2ccc[nH]2)c1. The van der Waals surface area contributed by atoms with Crippen LogP contribution in [0, 0.1) is 0 Å². The van der Waals surface area contributed by atoms with E-state index in [0.717, 1.165) is 15.7 Å². The Labute approximate surface area is 78.8 Å². The minimum atomic E-state index is 0.995. The van der Waals surface area contributed by atoms with Crippen LogP contribution >= 0.6 is 15.9 Å². The van der Waals surface area contributed by atoms with Crippen LogP contribution in [-0.2, 0) is 0 Å². The highest BCUT2D eigenvalue weighted by molar-refractivity contribution is 9.10. The molecule has 0 spiro atoms. The van der Waals surface area contributed by atoms with Crippen LogP contribution in [0.1, 0.15) is 0 Å². The molecule has 0 fully saturated rings. The standard InChI is InChI=1S/C9H7BrN2/c10-8-4-7(5-11-6-8)9-2-1-3-12-9/h1-6,12H. The first-order valence-electron chi connectivity index (χ1n) is 3.60. The molecule has 3 heteroatoms. The van der Waals surface area contributed by atoms with Crippen LogP contribution in [0.4, 0.5) is 0 Å². The Morgan fingerprint density at radius 3 is 2.92 bits per heavy atom. The first-order valence-corrected chi connectivity index (χ1v) is 4.40. The van der Waals surface area contributed by atoms with Crippen molar-refractivity contribution in [2.24, 2.45) is 0 Å². The number of aromatic amines is 1. The second-order valence-electron chi connectivity index (χ2n) is 2.48. The zero-order chi connectivity index (χ0) is 8.39. The van der Waals surface area contributed by atoms with Gasteiger partial charge in [0.05, 0.1) is 0 Å². The monoisotopic (exact) mass is 222 g/mol. The zero-order valence-corrected chi connectivity index (χ0v) is 7.88. The molecule has 2 aromatic rings. The lowest BCUT2D eigenvalue weighted by Crippen LogP contribution is -1.78. The van der Waals surface area contributed by atoms with Crippen molar-refractivity contribution in [3.63, 3.8) is 0 Å². The lowest BCUT2D eigenvalue weighted by Gasteiger charge is -1.96. The number of nitrogens with one attached hydrogen (secondary N) is 1. The first-order chi connectivity index (χ1) is 5.86. The predicted molar refractivity (Wildman–Crippen MR) is 51.7 cm³/mol. The fourth-order valence-corrected chi connectivity index (χ4v) is 1.43. The van der Waals surface area contributed by atoms with Crippen LogP contribution < -0.4 is 0 Å². The summed E-state index contributed by atoms with van der Waals surface area (Å²) in [6.45, 7) is 0. The minimum Gasteiger partial charge on any atom is -0.361 e. The Bertz CT molecular complexity index is 368. The van der Waals surface area contributed by atoms with Crippen molar-refractivity contribution in [2.75, 3.05) is 0 Å². The molecule has 2 nitrogen and oxygen atoms in total. The van der Waals surface area contributed by atoms with Gasteiger partial charge in [-0.25, -0.2) is 0 Å². The summed E-state index contributed by atoms with van der Waals surface area (Å²) in [5.74, 6) is 0.